The van der Waals surface area contributed by atoms with E-state index in [4.69, 9.17) is 16.3 Å². The quantitative estimate of drug-likeness (QED) is 0.700. The van der Waals surface area contributed by atoms with Crippen molar-refractivity contribution >= 4 is 11.6 Å². The van der Waals surface area contributed by atoms with E-state index in [1.807, 2.05) is 0 Å². The van der Waals surface area contributed by atoms with Crippen LogP contribution in [-0.2, 0) is 18.0 Å². The van der Waals surface area contributed by atoms with Crippen molar-refractivity contribution in [3.05, 3.63) is 34.9 Å². The maximum absolute atomic E-state index is 6.57. The molecule has 2 heteroatoms. The Bertz CT molecular complexity index is 382. The van der Waals surface area contributed by atoms with Crippen molar-refractivity contribution < 1.29 is 4.74 Å². The van der Waals surface area contributed by atoms with Gasteiger partial charge in [-0.2, -0.15) is 0 Å². The summed E-state index contributed by atoms with van der Waals surface area (Å²) < 4.78 is 5.43. The molecule has 86 valence electrons. The van der Waals surface area contributed by atoms with Gasteiger partial charge in [0.15, 0.2) is 0 Å². The molecule has 1 atom stereocenters. The van der Waals surface area contributed by atoms with Crippen molar-refractivity contribution in [3.63, 3.8) is 0 Å². The molecule has 1 saturated carbocycles. The molecule has 0 bridgehead atoms. The normalized spacial score (nSPS) is 22.3. The summed E-state index contributed by atoms with van der Waals surface area (Å²) in [5.74, 6) is 0.682. The van der Waals surface area contributed by atoms with E-state index in [9.17, 15) is 0 Å². The zero-order valence-electron chi connectivity index (χ0n) is 9.42. The Hall–Kier alpha value is -0.530. The maximum atomic E-state index is 6.57. The van der Waals surface area contributed by atoms with Gasteiger partial charge in [0.25, 0.3) is 0 Å². The van der Waals surface area contributed by atoms with Crippen LogP contribution in [0.1, 0.15) is 47.8 Å². The molecule has 0 saturated heterocycles. The van der Waals surface area contributed by atoms with E-state index in [2.05, 4.69) is 18.2 Å². The highest BCUT2D eigenvalue weighted by Crippen LogP contribution is 2.40. The van der Waals surface area contributed by atoms with Crippen molar-refractivity contribution in [2.24, 2.45) is 5.92 Å². The van der Waals surface area contributed by atoms with Gasteiger partial charge in [0.2, 0.25) is 0 Å². The topological polar surface area (TPSA) is 9.23 Å². The lowest BCUT2D eigenvalue weighted by molar-refractivity contribution is 0.134. The molecule has 0 amide bonds. The van der Waals surface area contributed by atoms with Gasteiger partial charge in [-0.3, -0.25) is 0 Å². The van der Waals surface area contributed by atoms with Crippen molar-refractivity contribution in [1.82, 2.24) is 0 Å². The van der Waals surface area contributed by atoms with Crippen LogP contribution in [0.15, 0.2) is 18.2 Å². The number of rotatable bonds is 2. The first kappa shape index (κ1) is 10.6. The third-order valence-corrected chi connectivity index (χ3v) is 4.49. The predicted molar refractivity (Wildman–Crippen MR) is 65.5 cm³/mol. The summed E-state index contributed by atoms with van der Waals surface area (Å²) >= 11 is 6.57. The molecule has 1 aromatic carbocycles. The second kappa shape index (κ2) is 4.38. The smallest absolute Gasteiger partial charge is 0.0725 e. The molecule has 3 rings (SSSR count). The second-order valence-corrected chi connectivity index (χ2v) is 5.44. The van der Waals surface area contributed by atoms with Crippen LogP contribution < -0.4 is 0 Å². The molecule has 1 fully saturated rings. The number of ether oxygens (including phenoxy) is 1. The molecule has 1 aliphatic heterocycles. The molecule has 2 aliphatic rings. The van der Waals surface area contributed by atoms with Crippen molar-refractivity contribution in [3.8, 4) is 0 Å². The first-order valence-electron chi connectivity index (χ1n) is 6.18. The molecule has 0 spiro atoms. The average Bonchev–Trinajstić information content (AvgIpc) is 2.98. The van der Waals surface area contributed by atoms with Gasteiger partial charge in [-0.25, -0.2) is 0 Å². The standard InChI is InChI=1S/C14H17ClO/c15-14(10-3-1-2-4-10)11-5-6-12-8-16-9-13(12)7-11/h5-7,10,14H,1-4,8-9H2. The van der Waals surface area contributed by atoms with Gasteiger partial charge in [0, 0.05) is 0 Å². The SMILES string of the molecule is ClC(c1ccc2c(c1)COC2)C1CCCC1. The molecule has 0 radical (unpaired) electrons. The van der Waals surface area contributed by atoms with Crippen LogP contribution in [0.3, 0.4) is 0 Å². The molecular weight excluding hydrogens is 220 g/mol. The average molecular weight is 237 g/mol. The van der Waals surface area contributed by atoms with Gasteiger partial charge in [0.05, 0.1) is 18.6 Å². The van der Waals surface area contributed by atoms with Crippen molar-refractivity contribution in [1.29, 1.82) is 0 Å². The molecule has 1 nitrogen and oxygen atoms in total. The highest BCUT2D eigenvalue weighted by Gasteiger charge is 2.25. The monoisotopic (exact) mass is 236 g/mol. The summed E-state index contributed by atoms with van der Waals surface area (Å²) in [6.07, 6.45) is 5.29. The van der Waals surface area contributed by atoms with E-state index in [-0.39, 0.29) is 5.38 Å². The summed E-state index contributed by atoms with van der Waals surface area (Å²) in [5.41, 5.74) is 3.96. The highest BCUT2D eigenvalue weighted by molar-refractivity contribution is 6.21. The molecule has 0 aromatic heterocycles. The molecule has 1 aromatic rings. The minimum atomic E-state index is 0.202. The number of hydrogen-bond acceptors (Lipinski definition) is 1. The zero-order chi connectivity index (χ0) is 11.0. The van der Waals surface area contributed by atoms with Crippen LogP contribution in [-0.4, -0.2) is 0 Å². The summed E-state index contributed by atoms with van der Waals surface area (Å²) in [5, 5.41) is 0.202. The fourth-order valence-electron chi connectivity index (χ4n) is 2.89. The zero-order valence-corrected chi connectivity index (χ0v) is 10.2. The molecule has 1 aliphatic carbocycles. The summed E-state index contributed by atoms with van der Waals surface area (Å²) in [6, 6.07) is 6.61. The van der Waals surface area contributed by atoms with Crippen LogP contribution in [0.2, 0.25) is 0 Å². The minimum absolute atomic E-state index is 0.202. The second-order valence-electron chi connectivity index (χ2n) is 4.97. The molecule has 1 unspecified atom stereocenters. The highest BCUT2D eigenvalue weighted by atomic mass is 35.5. The predicted octanol–water partition coefficient (Wildman–Crippen LogP) is 4.19. The Morgan fingerprint density at radius 2 is 1.88 bits per heavy atom. The van der Waals surface area contributed by atoms with E-state index in [1.54, 1.807) is 0 Å². The minimum Gasteiger partial charge on any atom is -0.372 e. The van der Waals surface area contributed by atoms with E-state index in [0.29, 0.717) is 5.92 Å². The Labute approximate surface area is 102 Å². The number of hydrogen-bond donors (Lipinski definition) is 0. The summed E-state index contributed by atoms with van der Waals surface area (Å²) in [6.45, 7) is 1.53. The van der Waals surface area contributed by atoms with Gasteiger partial charge in [-0.05, 0) is 35.4 Å². The fraction of sp³-hybridized carbons (Fsp3) is 0.571. The number of fused-ring (bicyclic) bond motifs is 1. The van der Waals surface area contributed by atoms with E-state index >= 15 is 0 Å². The first-order chi connectivity index (χ1) is 7.84. The van der Waals surface area contributed by atoms with Gasteiger partial charge in [-0.1, -0.05) is 31.0 Å². The lowest BCUT2D eigenvalue weighted by Gasteiger charge is -2.17. The van der Waals surface area contributed by atoms with Crippen molar-refractivity contribution in [2.45, 2.75) is 44.3 Å². The van der Waals surface area contributed by atoms with E-state index in [0.717, 1.165) is 13.2 Å². The first-order valence-corrected chi connectivity index (χ1v) is 6.62. The lowest BCUT2D eigenvalue weighted by Crippen LogP contribution is -2.04. The summed E-state index contributed by atoms with van der Waals surface area (Å²) in [7, 11) is 0. The van der Waals surface area contributed by atoms with Gasteiger partial charge >= 0.3 is 0 Å². The largest absolute Gasteiger partial charge is 0.372 e. The Morgan fingerprint density at radius 1 is 1.12 bits per heavy atom. The Balaban J connectivity index is 1.83. The number of halogens is 1. The Morgan fingerprint density at radius 3 is 2.69 bits per heavy atom. The number of alkyl halides is 1. The van der Waals surface area contributed by atoms with Gasteiger partial charge in [0.1, 0.15) is 0 Å². The third kappa shape index (κ3) is 1.87. The molecule has 1 heterocycles. The summed E-state index contributed by atoms with van der Waals surface area (Å²) in [4.78, 5) is 0. The van der Waals surface area contributed by atoms with Crippen LogP contribution in [0, 0.1) is 5.92 Å². The van der Waals surface area contributed by atoms with Crippen LogP contribution >= 0.6 is 11.6 Å². The molecular formula is C14H17ClO. The lowest BCUT2D eigenvalue weighted by atomic mass is 9.95. The van der Waals surface area contributed by atoms with Crippen molar-refractivity contribution in [2.75, 3.05) is 0 Å². The van der Waals surface area contributed by atoms with Gasteiger partial charge < -0.3 is 4.74 Å². The van der Waals surface area contributed by atoms with E-state index in [1.165, 1.54) is 42.4 Å². The molecule has 16 heavy (non-hydrogen) atoms. The maximum Gasteiger partial charge on any atom is 0.0725 e. The fourth-order valence-corrected chi connectivity index (χ4v) is 3.27. The van der Waals surface area contributed by atoms with Crippen LogP contribution in [0.4, 0.5) is 0 Å². The Kier molecular flexibility index (Phi) is 2.91. The van der Waals surface area contributed by atoms with E-state index < -0.39 is 0 Å². The molecule has 0 N–H and O–H groups in total. The third-order valence-electron chi connectivity index (χ3n) is 3.88. The van der Waals surface area contributed by atoms with Crippen LogP contribution in [0.25, 0.3) is 0 Å². The van der Waals surface area contributed by atoms with Gasteiger partial charge in [-0.15, -0.1) is 11.6 Å². The van der Waals surface area contributed by atoms with Crippen LogP contribution in [0.5, 0.6) is 0 Å². The number of benzene rings is 1.